The van der Waals surface area contributed by atoms with E-state index in [0.29, 0.717) is 4.47 Å². The van der Waals surface area contributed by atoms with Gasteiger partial charge in [0.1, 0.15) is 4.90 Å². The molecule has 0 saturated heterocycles. The molecule has 7 heteroatoms. The van der Waals surface area contributed by atoms with E-state index in [2.05, 4.69) is 15.9 Å². The minimum atomic E-state index is -4.23. The molecule has 0 amide bonds. The Kier molecular flexibility index (Phi) is 3.55. The monoisotopic (exact) mass is 378 g/mol. The molecule has 4 nitrogen and oxygen atoms in total. The van der Waals surface area contributed by atoms with Crippen LogP contribution in [0, 0.1) is 0 Å². The first-order valence-electron chi connectivity index (χ1n) is 3.01. The van der Waals surface area contributed by atoms with Gasteiger partial charge in [-0.15, -0.1) is 0 Å². The van der Waals surface area contributed by atoms with Crippen molar-refractivity contribution in [2.24, 2.45) is 0 Å². The first-order chi connectivity index (χ1) is 5.95. The smallest absolute Gasteiger partial charge is 0.298 e. The van der Waals surface area contributed by atoms with Crippen LogP contribution < -0.4 is 3.07 Å². The maximum atomic E-state index is 10.8. The fourth-order valence-corrected chi connectivity index (χ4v) is 2.43. The van der Waals surface area contributed by atoms with Crippen molar-refractivity contribution in [2.45, 2.75) is 4.90 Å². The molecule has 0 saturated carbocycles. The van der Waals surface area contributed by atoms with Crippen molar-refractivity contribution in [3.8, 4) is 5.75 Å². The van der Waals surface area contributed by atoms with Crippen LogP contribution in [0.3, 0.4) is 0 Å². The number of benzene rings is 1. The molecule has 1 aromatic rings. The summed E-state index contributed by atoms with van der Waals surface area (Å²) in [4.78, 5) is -0.253. The van der Waals surface area contributed by atoms with E-state index in [1.54, 1.807) is 6.07 Å². The second-order valence-corrected chi connectivity index (χ2v) is 4.89. The fraction of sp³-hybridized carbons (Fsp3) is 0. The topological polar surface area (TPSA) is 63.6 Å². The Morgan fingerprint density at radius 2 is 2.08 bits per heavy atom. The lowest BCUT2D eigenvalue weighted by Crippen LogP contribution is -1.99. The summed E-state index contributed by atoms with van der Waals surface area (Å²) >= 11 is 4.62. The summed E-state index contributed by atoms with van der Waals surface area (Å²) < 4.78 is 35.7. The van der Waals surface area contributed by atoms with Gasteiger partial charge in [-0.1, -0.05) is 15.9 Å². The maximum Gasteiger partial charge on any atom is 0.298 e. The minimum absolute atomic E-state index is 0.103. The average molecular weight is 379 g/mol. The summed E-state index contributed by atoms with van der Waals surface area (Å²) in [5.41, 5.74) is 0. The number of hydrogen-bond donors (Lipinski definition) is 1. The molecule has 1 aromatic carbocycles. The van der Waals surface area contributed by atoms with E-state index in [0.717, 1.165) is 0 Å². The van der Waals surface area contributed by atoms with Gasteiger partial charge in [0, 0.05) is 4.47 Å². The van der Waals surface area contributed by atoms with Crippen LogP contribution >= 0.6 is 38.9 Å². The van der Waals surface area contributed by atoms with Crippen molar-refractivity contribution in [1.29, 1.82) is 0 Å². The molecule has 1 N–H and O–H groups in total. The first kappa shape index (κ1) is 11.2. The quantitative estimate of drug-likeness (QED) is 0.634. The Labute approximate surface area is 97.9 Å². The highest BCUT2D eigenvalue weighted by Gasteiger charge is 2.16. The van der Waals surface area contributed by atoms with Crippen LogP contribution in [0.15, 0.2) is 27.6 Å². The molecule has 1 rings (SSSR count). The lowest BCUT2D eigenvalue weighted by atomic mass is 10.3. The minimum Gasteiger partial charge on any atom is -0.426 e. The molecule has 72 valence electrons. The van der Waals surface area contributed by atoms with E-state index in [9.17, 15) is 8.42 Å². The van der Waals surface area contributed by atoms with Crippen molar-refractivity contribution >= 4 is 49.1 Å². The van der Waals surface area contributed by atoms with Gasteiger partial charge in [-0.05, 0) is 18.2 Å². The van der Waals surface area contributed by atoms with Crippen LogP contribution in [0.4, 0.5) is 0 Å². The Morgan fingerprint density at radius 1 is 1.46 bits per heavy atom. The van der Waals surface area contributed by atoms with Gasteiger partial charge in [0.25, 0.3) is 10.1 Å². The highest BCUT2D eigenvalue weighted by molar-refractivity contribution is 14.1. The lowest BCUT2D eigenvalue weighted by Gasteiger charge is -2.03. The molecule has 0 aliphatic rings. The molecule has 0 aliphatic heterocycles. The zero-order valence-electron chi connectivity index (χ0n) is 6.07. The van der Waals surface area contributed by atoms with E-state index in [1.807, 2.05) is 0 Å². The molecule has 0 atom stereocenters. The average Bonchev–Trinajstić information content (AvgIpc) is 2.03. The molecule has 0 heterocycles. The summed E-state index contributed by atoms with van der Waals surface area (Å²) in [6, 6.07) is 4.33. The van der Waals surface area contributed by atoms with Crippen molar-refractivity contribution in [2.75, 3.05) is 0 Å². The molecular weight excluding hydrogens is 375 g/mol. The third-order valence-corrected chi connectivity index (χ3v) is 3.11. The molecule has 0 spiro atoms. The van der Waals surface area contributed by atoms with Crippen LogP contribution in [-0.4, -0.2) is 13.0 Å². The third-order valence-electron chi connectivity index (χ3n) is 1.27. The number of halogens is 2. The molecule has 0 bridgehead atoms. The van der Waals surface area contributed by atoms with Gasteiger partial charge in [0.15, 0.2) is 28.8 Å². The van der Waals surface area contributed by atoms with Crippen molar-refractivity contribution in [3.05, 3.63) is 22.7 Å². The predicted molar refractivity (Wildman–Crippen MR) is 58.6 cm³/mol. The maximum absolute atomic E-state index is 10.8. The molecule has 0 radical (unpaired) electrons. The van der Waals surface area contributed by atoms with Crippen molar-refractivity contribution in [1.82, 2.24) is 0 Å². The predicted octanol–water partition coefficient (Wildman–Crippen LogP) is 2.42. The normalized spacial score (nSPS) is 11.3. The third kappa shape index (κ3) is 2.79. The van der Waals surface area contributed by atoms with Crippen LogP contribution in [-0.2, 0) is 10.1 Å². The highest BCUT2D eigenvalue weighted by atomic mass is 127. The zero-order chi connectivity index (χ0) is 10.1. The lowest BCUT2D eigenvalue weighted by molar-refractivity contribution is 0.480. The van der Waals surface area contributed by atoms with Gasteiger partial charge in [0.05, 0.1) is 0 Å². The Hall–Kier alpha value is 0.140. The fourth-order valence-electron chi connectivity index (χ4n) is 0.747. The van der Waals surface area contributed by atoms with Gasteiger partial charge in [-0.2, -0.15) is 8.42 Å². The first-order valence-corrected chi connectivity index (χ1v) is 6.12. The summed E-state index contributed by atoms with van der Waals surface area (Å²) in [6.45, 7) is 0. The molecule has 0 aliphatic carbocycles. The standard InChI is InChI=1S/C6H4BrIO4S/c7-4-1-2-5(12-8)6(3-4)13(9,10)11/h1-3H,(H,9,10,11). The summed E-state index contributed by atoms with van der Waals surface area (Å²) in [5, 5.41) is 0. The summed E-state index contributed by atoms with van der Waals surface area (Å²) in [7, 11) is -4.23. The highest BCUT2D eigenvalue weighted by Crippen LogP contribution is 2.28. The van der Waals surface area contributed by atoms with Crippen LogP contribution in [0.25, 0.3) is 0 Å². The van der Waals surface area contributed by atoms with Gasteiger partial charge in [0.2, 0.25) is 0 Å². The number of hydrogen-bond acceptors (Lipinski definition) is 3. The van der Waals surface area contributed by atoms with Crippen LogP contribution in [0.1, 0.15) is 0 Å². The molecule has 0 aromatic heterocycles. The SMILES string of the molecule is O=S(=O)(O)c1cc(Br)ccc1OI. The van der Waals surface area contributed by atoms with Crippen molar-refractivity contribution < 1.29 is 16.0 Å². The van der Waals surface area contributed by atoms with E-state index in [4.69, 9.17) is 7.62 Å². The van der Waals surface area contributed by atoms with Gasteiger partial charge in [-0.25, -0.2) is 0 Å². The second kappa shape index (κ2) is 4.11. The number of rotatable bonds is 2. The van der Waals surface area contributed by atoms with E-state index >= 15 is 0 Å². The Bertz CT molecular complexity index is 417. The molecule has 0 unspecified atom stereocenters. The Morgan fingerprint density at radius 3 is 2.54 bits per heavy atom. The molecular formula is C6H4BrIO4S. The van der Waals surface area contributed by atoms with Crippen LogP contribution in [0.2, 0.25) is 0 Å². The van der Waals surface area contributed by atoms with Gasteiger partial charge < -0.3 is 3.07 Å². The van der Waals surface area contributed by atoms with Crippen LogP contribution in [0.5, 0.6) is 5.75 Å². The molecule has 13 heavy (non-hydrogen) atoms. The molecule has 0 fully saturated rings. The van der Waals surface area contributed by atoms with E-state index < -0.39 is 10.1 Å². The largest absolute Gasteiger partial charge is 0.426 e. The summed E-state index contributed by atoms with van der Waals surface area (Å²) in [6.07, 6.45) is 0. The summed E-state index contributed by atoms with van der Waals surface area (Å²) in [5.74, 6) is 0.103. The zero-order valence-corrected chi connectivity index (χ0v) is 10.6. The second-order valence-electron chi connectivity index (χ2n) is 2.14. The van der Waals surface area contributed by atoms with Gasteiger partial charge in [-0.3, -0.25) is 4.55 Å². The van der Waals surface area contributed by atoms with Gasteiger partial charge >= 0.3 is 0 Å². The van der Waals surface area contributed by atoms with Crippen molar-refractivity contribution in [3.63, 3.8) is 0 Å². The Balaban J connectivity index is 3.41. The van der Waals surface area contributed by atoms with E-state index in [1.165, 1.54) is 35.1 Å². The van der Waals surface area contributed by atoms with E-state index in [-0.39, 0.29) is 10.6 Å².